The van der Waals surface area contributed by atoms with Gasteiger partial charge < -0.3 is 14.6 Å². The fourth-order valence-electron chi connectivity index (χ4n) is 1.58. The molecule has 1 heterocycles. The van der Waals surface area contributed by atoms with Gasteiger partial charge in [-0.15, -0.1) is 0 Å². The van der Waals surface area contributed by atoms with E-state index in [-0.39, 0.29) is 12.4 Å². The summed E-state index contributed by atoms with van der Waals surface area (Å²) in [5, 5.41) is 7.07. The third kappa shape index (κ3) is 4.31. The molecule has 108 valence electrons. The van der Waals surface area contributed by atoms with Crippen LogP contribution in [0.4, 0.5) is 8.78 Å². The van der Waals surface area contributed by atoms with Crippen LogP contribution in [0.15, 0.2) is 28.8 Å². The number of ether oxygens (including phenoxy) is 1. The van der Waals surface area contributed by atoms with E-state index in [9.17, 15) is 8.78 Å². The number of hydrogen-bond acceptors (Lipinski definition) is 4. The predicted molar refractivity (Wildman–Crippen MR) is 69.2 cm³/mol. The molecule has 0 radical (unpaired) electrons. The highest BCUT2D eigenvalue weighted by molar-refractivity contribution is 5.24. The van der Waals surface area contributed by atoms with Crippen LogP contribution in [0.25, 0.3) is 0 Å². The van der Waals surface area contributed by atoms with Crippen molar-refractivity contribution in [3.05, 3.63) is 47.4 Å². The lowest BCUT2D eigenvalue weighted by atomic mass is 10.3. The molecule has 6 heteroatoms. The van der Waals surface area contributed by atoms with Crippen LogP contribution in [-0.2, 0) is 13.2 Å². The molecule has 1 N–H and O–H groups in total. The predicted octanol–water partition coefficient (Wildman–Crippen LogP) is 3.03. The summed E-state index contributed by atoms with van der Waals surface area (Å²) in [5.74, 6) is -0.755. The number of rotatable bonds is 6. The zero-order valence-corrected chi connectivity index (χ0v) is 11.3. The first-order chi connectivity index (χ1) is 9.52. The molecule has 0 aliphatic carbocycles. The number of halogens is 2. The average Bonchev–Trinajstić information content (AvgIpc) is 2.81. The van der Waals surface area contributed by atoms with Gasteiger partial charge in [0.25, 0.3) is 0 Å². The quantitative estimate of drug-likeness (QED) is 0.884. The second-order valence-corrected chi connectivity index (χ2v) is 4.71. The highest BCUT2D eigenvalue weighted by Gasteiger charge is 2.07. The molecule has 1 aromatic heterocycles. The number of benzene rings is 1. The number of nitrogens with one attached hydrogen (secondary N) is 1. The van der Waals surface area contributed by atoms with Gasteiger partial charge in [0, 0.05) is 36.9 Å². The lowest BCUT2D eigenvalue weighted by molar-refractivity contribution is 0.246. The van der Waals surface area contributed by atoms with E-state index in [1.165, 1.54) is 0 Å². The summed E-state index contributed by atoms with van der Waals surface area (Å²) in [7, 11) is 0. The van der Waals surface area contributed by atoms with Crippen LogP contribution in [0.5, 0.6) is 5.75 Å². The van der Waals surface area contributed by atoms with Crippen molar-refractivity contribution in [1.29, 1.82) is 0 Å². The summed E-state index contributed by atoms with van der Waals surface area (Å²) in [6.07, 6.45) is 0. The zero-order valence-electron chi connectivity index (χ0n) is 11.3. The summed E-state index contributed by atoms with van der Waals surface area (Å²) in [6, 6.07) is 5.10. The molecule has 0 fully saturated rings. The first kappa shape index (κ1) is 14.5. The maximum Gasteiger partial charge on any atom is 0.174 e. The topological polar surface area (TPSA) is 47.3 Å². The summed E-state index contributed by atoms with van der Waals surface area (Å²) < 4.78 is 36.3. The molecule has 0 aliphatic rings. The van der Waals surface area contributed by atoms with E-state index in [0.717, 1.165) is 23.9 Å². The molecule has 0 atom stereocenters. The lowest BCUT2D eigenvalue weighted by Gasteiger charge is -2.04. The molecule has 2 rings (SSSR count). The van der Waals surface area contributed by atoms with Gasteiger partial charge in [-0.3, -0.25) is 0 Å². The van der Waals surface area contributed by atoms with Gasteiger partial charge in [0.1, 0.15) is 24.0 Å². The van der Waals surface area contributed by atoms with Crippen molar-refractivity contribution in [2.45, 2.75) is 33.0 Å². The van der Waals surface area contributed by atoms with Gasteiger partial charge in [-0.2, -0.15) is 0 Å². The summed E-state index contributed by atoms with van der Waals surface area (Å²) in [6.45, 7) is 4.72. The van der Waals surface area contributed by atoms with Gasteiger partial charge in [-0.25, -0.2) is 8.78 Å². The van der Waals surface area contributed by atoms with Crippen molar-refractivity contribution < 1.29 is 18.0 Å². The molecule has 0 aliphatic heterocycles. The van der Waals surface area contributed by atoms with Crippen LogP contribution < -0.4 is 10.1 Å². The van der Waals surface area contributed by atoms with E-state index in [0.29, 0.717) is 18.3 Å². The van der Waals surface area contributed by atoms with Crippen LogP contribution in [0.1, 0.15) is 25.3 Å². The fourth-order valence-corrected chi connectivity index (χ4v) is 1.58. The highest BCUT2D eigenvalue weighted by Crippen LogP contribution is 2.17. The molecule has 0 saturated carbocycles. The van der Waals surface area contributed by atoms with Crippen molar-refractivity contribution in [1.82, 2.24) is 10.5 Å². The molecule has 0 saturated heterocycles. The number of hydrogen-bond donors (Lipinski definition) is 1. The fraction of sp³-hybridized carbons (Fsp3) is 0.357. The van der Waals surface area contributed by atoms with Crippen LogP contribution in [0, 0.1) is 11.6 Å². The Labute approximate surface area is 115 Å². The summed E-state index contributed by atoms with van der Waals surface area (Å²) >= 11 is 0. The Hall–Kier alpha value is -1.95. The highest BCUT2D eigenvalue weighted by atomic mass is 19.1. The van der Waals surface area contributed by atoms with E-state index >= 15 is 0 Å². The zero-order chi connectivity index (χ0) is 14.5. The molecule has 1 aromatic carbocycles. The Bertz CT molecular complexity index is 550. The third-order valence-electron chi connectivity index (χ3n) is 2.52. The van der Waals surface area contributed by atoms with E-state index in [1.807, 2.05) is 13.8 Å². The van der Waals surface area contributed by atoms with Gasteiger partial charge in [0.15, 0.2) is 5.76 Å². The van der Waals surface area contributed by atoms with Crippen LogP contribution >= 0.6 is 0 Å². The maximum absolute atomic E-state index is 13.0. The smallest absolute Gasteiger partial charge is 0.174 e. The molecule has 0 bridgehead atoms. The minimum absolute atomic E-state index is 0.0670. The van der Waals surface area contributed by atoms with Gasteiger partial charge in [0.05, 0.1) is 5.69 Å². The second-order valence-electron chi connectivity index (χ2n) is 4.71. The Balaban J connectivity index is 1.90. The third-order valence-corrected chi connectivity index (χ3v) is 2.52. The molecular weight excluding hydrogens is 266 g/mol. The van der Waals surface area contributed by atoms with E-state index < -0.39 is 11.6 Å². The first-order valence-corrected chi connectivity index (χ1v) is 6.29. The monoisotopic (exact) mass is 282 g/mol. The van der Waals surface area contributed by atoms with Crippen LogP contribution in [0.3, 0.4) is 0 Å². The molecule has 4 nitrogen and oxygen atoms in total. The Morgan fingerprint density at radius 3 is 2.55 bits per heavy atom. The van der Waals surface area contributed by atoms with Crippen molar-refractivity contribution in [2.24, 2.45) is 0 Å². The molecule has 0 amide bonds. The summed E-state index contributed by atoms with van der Waals surface area (Å²) in [5.41, 5.74) is 0.753. The molecule has 0 unspecified atom stereocenters. The van der Waals surface area contributed by atoms with Gasteiger partial charge in [-0.1, -0.05) is 19.0 Å². The normalized spacial score (nSPS) is 11.1. The lowest BCUT2D eigenvalue weighted by Crippen LogP contribution is -2.21. The number of aromatic nitrogens is 1. The minimum atomic E-state index is -0.681. The number of nitrogens with zero attached hydrogens (tertiary/aromatic N) is 1. The largest absolute Gasteiger partial charge is 0.485 e. The molecule has 0 spiro atoms. The first-order valence-electron chi connectivity index (χ1n) is 6.29. The van der Waals surface area contributed by atoms with Gasteiger partial charge in [0.2, 0.25) is 0 Å². The van der Waals surface area contributed by atoms with Crippen LogP contribution in [0.2, 0.25) is 0 Å². The SMILES string of the molecule is CC(C)NCc1cc(COc2cc(F)cc(F)c2)on1. The van der Waals surface area contributed by atoms with Gasteiger partial charge in [-0.05, 0) is 0 Å². The average molecular weight is 282 g/mol. The van der Waals surface area contributed by atoms with E-state index in [2.05, 4.69) is 10.5 Å². The molecular formula is C14H16F2N2O2. The van der Waals surface area contributed by atoms with Crippen molar-refractivity contribution >= 4 is 0 Å². The standard InChI is InChI=1S/C14H16F2N2O2/c1-9(2)17-7-12-6-14(20-18-12)8-19-13-4-10(15)3-11(16)5-13/h3-6,9,17H,7-8H2,1-2H3. The molecule has 20 heavy (non-hydrogen) atoms. The van der Waals surface area contributed by atoms with E-state index in [1.54, 1.807) is 6.07 Å². The molecule has 2 aromatic rings. The van der Waals surface area contributed by atoms with E-state index in [4.69, 9.17) is 9.26 Å². The van der Waals surface area contributed by atoms with Crippen LogP contribution in [-0.4, -0.2) is 11.2 Å². The Morgan fingerprint density at radius 2 is 1.90 bits per heavy atom. The minimum Gasteiger partial charge on any atom is -0.485 e. The Morgan fingerprint density at radius 1 is 1.20 bits per heavy atom. The van der Waals surface area contributed by atoms with Crippen molar-refractivity contribution in [3.8, 4) is 5.75 Å². The van der Waals surface area contributed by atoms with Crippen molar-refractivity contribution in [2.75, 3.05) is 0 Å². The second kappa shape index (κ2) is 6.47. The Kier molecular flexibility index (Phi) is 4.68. The maximum atomic E-state index is 13.0. The van der Waals surface area contributed by atoms with Crippen molar-refractivity contribution in [3.63, 3.8) is 0 Å². The summed E-state index contributed by atoms with van der Waals surface area (Å²) in [4.78, 5) is 0. The van der Waals surface area contributed by atoms with Gasteiger partial charge >= 0.3 is 0 Å².